The van der Waals surface area contributed by atoms with E-state index in [-0.39, 0.29) is 11.8 Å². The van der Waals surface area contributed by atoms with Crippen LogP contribution in [0.25, 0.3) is 0 Å². The molecule has 0 bridgehead atoms. The van der Waals surface area contributed by atoms with E-state index < -0.39 is 12.1 Å². The molecular weight excluding hydrogens is 399 g/mol. The minimum atomic E-state index is -0.645. The molecule has 1 aliphatic heterocycles. The molecule has 28 heavy (non-hydrogen) atoms. The van der Waals surface area contributed by atoms with Crippen molar-refractivity contribution in [2.45, 2.75) is 31.4 Å². The molecule has 0 radical (unpaired) electrons. The molecule has 5 nitrogen and oxygen atoms in total. The van der Waals surface area contributed by atoms with E-state index in [4.69, 9.17) is 23.2 Å². The zero-order valence-corrected chi connectivity index (χ0v) is 16.8. The topological polar surface area (TPSA) is 69.6 Å². The van der Waals surface area contributed by atoms with Crippen LogP contribution in [0.3, 0.4) is 0 Å². The SMILES string of the molecule is O=C(NCC[C@@H](O)c1ccccc1)[C@H]1CCCN1C(=O)c1cc(Cl)ccc1Cl. The molecule has 1 saturated heterocycles. The zero-order chi connectivity index (χ0) is 20.1. The summed E-state index contributed by atoms with van der Waals surface area (Å²) in [6.45, 7) is 0.817. The van der Waals surface area contributed by atoms with Crippen LogP contribution in [0.2, 0.25) is 10.0 Å². The molecule has 2 aromatic rings. The average molecular weight is 421 g/mol. The first-order valence-electron chi connectivity index (χ1n) is 9.24. The van der Waals surface area contributed by atoms with Gasteiger partial charge in [-0.2, -0.15) is 0 Å². The van der Waals surface area contributed by atoms with Gasteiger partial charge in [-0.05, 0) is 43.0 Å². The van der Waals surface area contributed by atoms with Crippen LogP contribution in [-0.4, -0.2) is 41.0 Å². The molecular formula is C21H22Cl2N2O3. The third-order valence-electron chi connectivity index (χ3n) is 4.88. The highest BCUT2D eigenvalue weighted by Gasteiger charge is 2.35. The van der Waals surface area contributed by atoms with E-state index in [0.717, 1.165) is 12.0 Å². The molecule has 0 unspecified atom stereocenters. The first kappa shape index (κ1) is 20.6. The number of aliphatic hydroxyl groups is 1. The van der Waals surface area contributed by atoms with E-state index in [1.165, 1.54) is 6.07 Å². The van der Waals surface area contributed by atoms with E-state index in [0.29, 0.717) is 41.5 Å². The number of carbonyl (C=O) groups excluding carboxylic acids is 2. The first-order chi connectivity index (χ1) is 13.5. The lowest BCUT2D eigenvalue weighted by Gasteiger charge is -2.24. The van der Waals surface area contributed by atoms with Crippen molar-refractivity contribution < 1.29 is 14.7 Å². The van der Waals surface area contributed by atoms with Crippen LogP contribution < -0.4 is 5.32 Å². The van der Waals surface area contributed by atoms with Crippen molar-refractivity contribution in [1.29, 1.82) is 0 Å². The van der Waals surface area contributed by atoms with Gasteiger partial charge < -0.3 is 15.3 Å². The molecule has 1 heterocycles. The van der Waals surface area contributed by atoms with Gasteiger partial charge in [0.15, 0.2) is 0 Å². The lowest BCUT2D eigenvalue weighted by atomic mass is 10.1. The summed E-state index contributed by atoms with van der Waals surface area (Å²) in [6.07, 6.45) is 1.09. The second kappa shape index (κ2) is 9.41. The van der Waals surface area contributed by atoms with E-state index in [9.17, 15) is 14.7 Å². The highest BCUT2D eigenvalue weighted by atomic mass is 35.5. The summed E-state index contributed by atoms with van der Waals surface area (Å²) in [5.41, 5.74) is 1.11. The quantitative estimate of drug-likeness (QED) is 0.745. The van der Waals surface area contributed by atoms with Gasteiger partial charge in [0.25, 0.3) is 5.91 Å². The van der Waals surface area contributed by atoms with Crippen molar-refractivity contribution in [2.75, 3.05) is 13.1 Å². The lowest BCUT2D eigenvalue weighted by Crippen LogP contribution is -2.46. The Labute approximate surface area is 174 Å². The Morgan fingerprint density at radius 1 is 1.18 bits per heavy atom. The largest absolute Gasteiger partial charge is 0.388 e. The highest BCUT2D eigenvalue weighted by Crippen LogP contribution is 2.26. The minimum absolute atomic E-state index is 0.218. The number of likely N-dealkylation sites (tertiary alicyclic amines) is 1. The van der Waals surface area contributed by atoms with Crippen molar-refractivity contribution in [3.63, 3.8) is 0 Å². The molecule has 0 aromatic heterocycles. The smallest absolute Gasteiger partial charge is 0.256 e. The normalized spacial score (nSPS) is 17.4. The first-order valence-corrected chi connectivity index (χ1v) is 9.99. The van der Waals surface area contributed by atoms with Crippen molar-refractivity contribution >= 4 is 35.0 Å². The summed E-state index contributed by atoms with van der Waals surface area (Å²) >= 11 is 12.1. The minimum Gasteiger partial charge on any atom is -0.388 e. The maximum absolute atomic E-state index is 12.9. The van der Waals surface area contributed by atoms with Crippen LogP contribution in [0.15, 0.2) is 48.5 Å². The zero-order valence-electron chi connectivity index (χ0n) is 15.3. The van der Waals surface area contributed by atoms with Crippen LogP contribution in [0.1, 0.15) is 41.3 Å². The third-order valence-corrected chi connectivity index (χ3v) is 5.44. The molecule has 0 spiro atoms. The number of hydrogen-bond acceptors (Lipinski definition) is 3. The maximum atomic E-state index is 12.9. The van der Waals surface area contributed by atoms with Gasteiger partial charge in [-0.3, -0.25) is 9.59 Å². The molecule has 2 amide bonds. The number of amides is 2. The molecule has 7 heteroatoms. The molecule has 2 aromatic carbocycles. The molecule has 148 valence electrons. The molecule has 1 fully saturated rings. The fourth-order valence-corrected chi connectivity index (χ4v) is 3.76. The number of nitrogens with one attached hydrogen (secondary N) is 1. The Bertz CT molecular complexity index is 845. The van der Waals surface area contributed by atoms with Gasteiger partial charge in [-0.25, -0.2) is 0 Å². The number of aliphatic hydroxyl groups excluding tert-OH is 1. The van der Waals surface area contributed by atoms with Gasteiger partial charge in [-0.1, -0.05) is 53.5 Å². The Kier molecular flexibility index (Phi) is 6.94. The van der Waals surface area contributed by atoms with Crippen LogP contribution >= 0.6 is 23.2 Å². The second-order valence-electron chi connectivity index (χ2n) is 6.79. The number of rotatable bonds is 6. The van der Waals surface area contributed by atoms with Gasteiger partial charge in [-0.15, -0.1) is 0 Å². The summed E-state index contributed by atoms with van der Waals surface area (Å²) in [5, 5.41) is 13.8. The number of hydrogen-bond donors (Lipinski definition) is 2. The van der Waals surface area contributed by atoms with Crippen molar-refractivity contribution in [3.8, 4) is 0 Å². The molecule has 2 atom stereocenters. The average Bonchev–Trinajstić information content (AvgIpc) is 3.19. The van der Waals surface area contributed by atoms with Crippen LogP contribution in [0.4, 0.5) is 0 Å². The van der Waals surface area contributed by atoms with E-state index in [2.05, 4.69) is 5.32 Å². The molecule has 0 saturated carbocycles. The number of benzene rings is 2. The van der Waals surface area contributed by atoms with Gasteiger partial charge in [0, 0.05) is 18.1 Å². The monoisotopic (exact) mass is 420 g/mol. The van der Waals surface area contributed by atoms with Crippen molar-refractivity contribution in [1.82, 2.24) is 10.2 Å². The molecule has 2 N–H and O–H groups in total. The predicted octanol–water partition coefficient (Wildman–Crippen LogP) is 3.84. The summed E-state index contributed by atoms with van der Waals surface area (Å²) in [5.74, 6) is -0.515. The summed E-state index contributed by atoms with van der Waals surface area (Å²) < 4.78 is 0. The van der Waals surface area contributed by atoms with Gasteiger partial charge in [0.05, 0.1) is 16.7 Å². The Morgan fingerprint density at radius 2 is 1.93 bits per heavy atom. The molecule has 3 rings (SSSR count). The Hall–Kier alpha value is -2.08. The number of carbonyl (C=O) groups is 2. The number of halogens is 2. The van der Waals surface area contributed by atoms with Crippen LogP contribution in [-0.2, 0) is 4.79 Å². The van der Waals surface area contributed by atoms with Crippen LogP contribution in [0, 0.1) is 0 Å². The van der Waals surface area contributed by atoms with E-state index >= 15 is 0 Å². The second-order valence-corrected chi connectivity index (χ2v) is 7.63. The van der Waals surface area contributed by atoms with Gasteiger partial charge in [0.2, 0.25) is 5.91 Å². The fourth-order valence-electron chi connectivity index (χ4n) is 3.39. The molecule has 0 aliphatic carbocycles. The molecule has 1 aliphatic rings. The van der Waals surface area contributed by atoms with Crippen LogP contribution in [0.5, 0.6) is 0 Å². The maximum Gasteiger partial charge on any atom is 0.256 e. The third kappa shape index (κ3) is 4.85. The van der Waals surface area contributed by atoms with E-state index in [1.54, 1.807) is 17.0 Å². The van der Waals surface area contributed by atoms with E-state index in [1.807, 2.05) is 30.3 Å². The highest BCUT2D eigenvalue weighted by molar-refractivity contribution is 6.35. The summed E-state index contributed by atoms with van der Waals surface area (Å²) in [6, 6.07) is 13.5. The van der Waals surface area contributed by atoms with Gasteiger partial charge in [0.1, 0.15) is 6.04 Å². The standard InChI is InChI=1S/C21H22Cl2N2O3/c22-15-8-9-17(23)16(13-15)21(28)25-12-4-7-18(25)20(27)24-11-10-19(26)14-5-2-1-3-6-14/h1-3,5-6,8-9,13,18-19,26H,4,7,10-12H2,(H,24,27)/t18-,19-/m1/s1. The van der Waals surface area contributed by atoms with Crippen molar-refractivity contribution in [2.24, 2.45) is 0 Å². The predicted molar refractivity (Wildman–Crippen MR) is 110 cm³/mol. The Balaban J connectivity index is 1.58. The number of nitrogens with zero attached hydrogens (tertiary/aromatic N) is 1. The fraction of sp³-hybridized carbons (Fsp3) is 0.333. The lowest BCUT2D eigenvalue weighted by molar-refractivity contribution is -0.124. The van der Waals surface area contributed by atoms with Gasteiger partial charge >= 0.3 is 0 Å². The van der Waals surface area contributed by atoms with Crippen molar-refractivity contribution in [3.05, 3.63) is 69.7 Å². The Morgan fingerprint density at radius 3 is 2.68 bits per heavy atom. The summed E-state index contributed by atoms with van der Waals surface area (Å²) in [4.78, 5) is 27.0. The summed E-state index contributed by atoms with van der Waals surface area (Å²) in [7, 11) is 0.